The summed E-state index contributed by atoms with van der Waals surface area (Å²) in [4.78, 5) is 13.9. The molecule has 0 saturated heterocycles. The zero-order valence-electron chi connectivity index (χ0n) is 12.2. The van der Waals surface area contributed by atoms with E-state index in [-0.39, 0.29) is 11.9 Å². The Labute approximate surface area is 107 Å². The third kappa shape index (κ3) is 6.67. The van der Waals surface area contributed by atoms with Crippen molar-refractivity contribution < 1.29 is 9.53 Å². The van der Waals surface area contributed by atoms with Gasteiger partial charge in [0, 0.05) is 13.1 Å². The molecule has 17 heavy (non-hydrogen) atoms. The van der Waals surface area contributed by atoms with Crippen LogP contribution in [0.5, 0.6) is 0 Å². The van der Waals surface area contributed by atoms with Gasteiger partial charge in [0.15, 0.2) is 0 Å². The smallest absolute Gasteiger partial charge is 0.309 e. The molecule has 0 aromatic carbocycles. The van der Waals surface area contributed by atoms with Crippen molar-refractivity contribution in [2.75, 3.05) is 26.2 Å². The van der Waals surface area contributed by atoms with Crippen LogP contribution in [0.3, 0.4) is 0 Å². The SMILES string of the molecule is CCOC(=O)C(C)CN(CC)CC(CC)CC. The number of nitrogens with zero attached hydrogens (tertiary/aromatic N) is 1. The molecule has 1 unspecified atom stereocenters. The molecule has 1 atom stereocenters. The molecular weight excluding hydrogens is 214 g/mol. The van der Waals surface area contributed by atoms with E-state index in [9.17, 15) is 4.79 Å². The van der Waals surface area contributed by atoms with Crippen LogP contribution in [0.4, 0.5) is 0 Å². The van der Waals surface area contributed by atoms with Crippen molar-refractivity contribution in [3.8, 4) is 0 Å². The zero-order valence-corrected chi connectivity index (χ0v) is 12.2. The molecular formula is C14H29NO2. The Morgan fingerprint density at radius 1 is 1.12 bits per heavy atom. The van der Waals surface area contributed by atoms with E-state index in [0.717, 1.165) is 25.6 Å². The molecule has 0 aliphatic heterocycles. The van der Waals surface area contributed by atoms with E-state index in [1.807, 2.05) is 13.8 Å². The Bertz CT molecular complexity index is 202. The maximum atomic E-state index is 11.6. The van der Waals surface area contributed by atoms with Crippen molar-refractivity contribution in [3.05, 3.63) is 0 Å². The maximum Gasteiger partial charge on any atom is 0.309 e. The minimum atomic E-state index is -0.0736. The van der Waals surface area contributed by atoms with Gasteiger partial charge in [-0.3, -0.25) is 4.79 Å². The second kappa shape index (κ2) is 9.46. The molecule has 102 valence electrons. The van der Waals surface area contributed by atoms with Crippen LogP contribution in [0.1, 0.15) is 47.5 Å². The highest BCUT2D eigenvalue weighted by molar-refractivity contribution is 5.72. The summed E-state index contributed by atoms with van der Waals surface area (Å²) in [6.07, 6.45) is 2.42. The van der Waals surface area contributed by atoms with E-state index in [1.54, 1.807) is 0 Å². The molecule has 0 rings (SSSR count). The highest BCUT2D eigenvalue weighted by Crippen LogP contribution is 2.11. The lowest BCUT2D eigenvalue weighted by atomic mass is 10.0. The Balaban J connectivity index is 4.15. The fourth-order valence-electron chi connectivity index (χ4n) is 1.99. The molecule has 0 aliphatic carbocycles. The zero-order chi connectivity index (χ0) is 13.3. The molecule has 0 radical (unpaired) electrons. The molecule has 3 heteroatoms. The first-order valence-electron chi connectivity index (χ1n) is 6.97. The van der Waals surface area contributed by atoms with E-state index >= 15 is 0 Å². The molecule has 0 saturated carbocycles. The van der Waals surface area contributed by atoms with Gasteiger partial charge >= 0.3 is 5.97 Å². The maximum absolute atomic E-state index is 11.6. The molecule has 0 aromatic heterocycles. The van der Waals surface area contributed by atoms with Crippen LogP contribution in [0.25, 0.3) is 0 Å². The first kappa shape index (κ1) is 16.4. The number of hydrogen-bond donors (Lipinski definition) is 0. The summed E-state index contributed by atoms with van der Waals surface area (Å²) in [5, 5.41) is 0. The van der Waals surface area contributed by atoms with Crippen LogP contribution in [0, 0.1) is 11.8 Å². The van der Waals surface area contributed by atoms with E-state index in [4.69, 9.17) is 4.74 Å². The van der Waals surface area contributed by atoms with Gasteiger partial charge < -0.3 is 9.64 Å². The van der Waals surface area contributed by atoms with Crippen molar-refractivity contribution in [3.63, 3.8) is 0 Å². The monoisotopic (exact) mass is 243 g/mol. The largest absolute Gasteiger partial charge is 0.466 e. The Morgan fingerprint density at radius 2 is 1.71 bits per heavy atom. The van der Waals surface area contributed by atoms with Crippen molar-refractivity contribution >= 4 is 5.97 Å². The molecule has 3 nitrogen and oxygen atoms in total. The summed E-state index contributed by atoms with van der Waals surface area (Å²) in [5.41, 5.74) is 0. The van der Waals surface area contributed by atoms with Crippen molar-refractivity contribution in [1.29, 1.82) is 0 Å². The van der Waals surface area contributed by atoms with Crippen LogP contribution in [-0.2, 0) is 9.53 Å². The van der Waals surface area contributed by atoms with Gasteiger partial charge in [-0.15, -0.1) is 0 Å². The van der Waals surface area contributed by atoms with Gasteiger partial charge in [0.2, 0.25) is 0 Å². The van der Waals surface area contributed by atoms with E-state index in [1.165, 1.54) is 12.8 Å². The van der Waals surface area contributed by atoms with Gasteiger partial charge in [0.25, 0.3) is 0 Å². The predicted molar refractivity (Wildman–Crippen MR) is 72.0 cm³/mol. The Hall–Kier alpha value is -0.570. The molecule has 0 N–H and O–H groups in total. The second-order valence-electron chi connectivity index (χ2n) is 4.69. The lowest BCUT2D eigenvalue weighted by molar-refractivity contribution is -0.148. The van der Waals surface area contributed by atoms with E-state index < -0.39 is 0 Å². The quantitative estimate of drug-likeness (QED) is 0.583. The molecule has 0 heterocycles. The lowest BCUT2D eigenvalue weighted by Gasteiger charge is -2.27. The molecule has 0 fully saturated rings. The summed E-state index contributed by atoms with van der Waals surface area (Å²) in [6, 6.07) is 0. The molecule has 0 spiro atoms. The van der Waals surface area contributed by atoms with Gasteiger partial charge in [-0.25, -0.2) is 0 Å². The summed E-state index contributed by atoms with van der Waals surface area (Å²) in [7, 11) is 0. The number of rotatable bonds is 9. The second-order valence-corrected chi connectivity index (χ2v) is 4.69. The fraction of sp³-hybridized carbons (Fsp3) is 0.929. The van der Waals surface area contributed by atoms with Gasteiger partial charge in [0.1, 0.15) is 0 Å². The lowest BCUT2D eigenvalue weighted by Crippen LogP contribution is -2.35. The number of ether oxygens (including phenoxy) is 1. The first-order valence-corrected chi connectivity index (χ1v) is 6.97. The molecule has 0 amide bonds. The fourth-order valence-corrected chi connectivity index (χ4v) is 1.99. The van der Waals surface area contributed by atoms with Crippen molar-refractivity contribution in [2.24, 2.45) is 11.8 Å². The van der Waals surface area contributed by atoms with Crippen LogP contribution in [-0.4, -0.2) is 37.1 Å². The third-order valence-electron chi connectivity index (χ3n) is 3.34. The summed E-state index contributed by atoms with van der Waals surface area (Å²) >= 11 is 0. The Kier molecular flexibility index (Phi) is 9.14. The number of carbonyl (C=O) groups excluding carboxylic acids is 1. The molecule has 0 aromatic rings. The van der Waals surface area contributed by atoms with Crippen LogP contribution in [0.15, 0.2) is 0 Å². The van der Waals surface area contributed by atoms with Crippen LogP contribution >= 0.6 is 0 Å². The molecule has 0 aliphatic rings. The predicted octanol–water partition coefficient (Wildman–Crippen LogP) is 2.94. The van der Waals surface area contributed by atoms with E-state index in [2.05, 4.69) is 25.7 Å². The standard InChI is InChI=1S/C14H29NO2/c1-6-13(7-2)11-15(8-3)10-12(5)14(16)17-9-4/h12-13H,6-11H2,1-5H3. The summed E-state index contributed by atoms with van der Waals surface area (Å²) < 4.78 is 5.04. The topological polar surface area (TPSA) is 29.5 Å². The number of esters is 1. The van der Waals surface area contributed by atoms with Gasteiger partial charge in [-0.2, -0.15) is 0 Å². The minimum Gasteiger partial charge on any atom is -0.466 e. The van der Waals surface area contributed by atoms with Crippen molar-refractivity contribution in [1.82, 2.24) is 4.90 Å². The third-order valence-corrected chi connectivity index (χ3v) is 3.34. The number of hydrogen-bond acceptors (Lipinski definition) is 3. The highest BCUT2D eigenvalue weighted by atomic mass is 16.5. The highest BCUT2D eigenvalue weighted by Gasteiger charge is 2.18. The Morgan fingerprint density at radius 3 is 2.12 bits per heavy atom. The van der Waals surface area contributed by atoms with Crippen molar-refractivity contribution in [2.45, 2.75) is 47.5 Å². The van der Waals surface area contributed by atoms with Crippen LogP contribution < -0.4 is 0 Å². The average Bonchev–Trinajstić information content (AvgIpc) is 2.34. The van der Waals surface area contributed by atoms with Crippen LogP contribution in [0.2, 0.25) is 0 Å². The van der Waals surface area contributed by atoms with Gasteiger partial charge in [-0.1, -0.05) is 40.5 Å². The van der Waals surface area contributed by atoms with Gasteiger partial charge in [-0.05, 0) is 19.4 Å². The molecule has 0 bridgehead atoms. The first-order chi connectivity index (χ1) is 8.08. The van der Waals surface area contributed by atoms with E-state index in [0.29, 0.717) is 6.61 Å². The summed E-state index contributed by atoms with van der Waals surface area (Å²) in [6.45, 7) is 13.8. The minimum absolute atomic E-state index is 0.0238. The summed E-state index contributed by atoms with van der Waals surface area (Å²) in [5.74, 6) is 0.643. The normalized spacial score (nSPS) is 13.1. The average molecular weight is 243 g/mol. The van der Waals surface area contributed by atoms with Gasteiger partial charge in [0.05, 0.1) is 12.5 Å². The number of carbonyl (C=O) groups is 1.